The highest BCUT2D eigenvalue weighted by molar-refractivity contribution is 6.30. The highest BCUT2D eigenvalue weighted by Gasteiger charge is 2.19. The Kier molecular flexibility index (Phi) is 4.59. The molecule has 1 aromatic rings. The Balaban J connectivity index is 2.70. The second kappa shape index (κ2) is 5.59. The molecule has 4 nitrogen and oxygen atoms in total. The summed E-state index contributed by atoms with van der Waals surface area (Å²) in [5, 5.41) is 13.1. The largest absolute Gasteiger partial charge is 0.389 e. The number of benzene rings is 1. The molecule has 100 valence electrons. The number of amides is 2. The molecular formula is C13H19ClN2O2. The zero-order valence-electron chi connectivity index (χ0n) is 11.1. The van der Waals surface area contributed by atoms with Gasteiger partial charge in [0.05, 0.1) is 12.1 Å². The van der Waals surface area contributed by atoms with E-state index in [4.69, 9.17) is 11.6 Å². The van der Waals surface area contributed by atoms with Crippen LogP contribution in [-0.4, -0.2) is 35.2 Å². The van der Waals surface area contributed by atoms with Crippen molar-refractivity contribution in [1.29, 1.82) is 0 Å². The van der Waals surface area contributed by atoms with Gasteiger partial charge in [0, 0.05) is 17.8 Å². The first-order valence-corrected chi connectivity index (χ1v) is 6.07. The van der Waals surface area contributed by atoms with Gasteiger partial charge in [-0.15, -0.1) is 0 Å². The van der Waals surface area contributed by atoms with Crippen molar-refractivity contribution in [2.75, 3.05) is 18.9 Å². The number of carbonyl (C=O) groups excluding carboxylic acids is 1. The second-order valence-corrected chi connectivity index (χ2v) is 5.49. The molecule has 0 aliphatic carbocycles. The van der Waals surface area contributed by atoms with Crippen LogP contribution in [0, 0.1) is 6.92 Å². The summed E-state index contributed by atoms with van der Waals surface area (Å²) in [6.07, 6.45) is 0. The number of halogens is 1. The van der Waals surface area contributed by atoms with Gasteiger partial charge >= 0.3 is 6.03 Å². The summed E-state index contributed by atoms with van der Waals surface area (Å²) in [4.78, 5) is 13.3. The number of aliphatic hydroxyl groups is 1. The Morgan fingerprint density at radius 2 is 2.11 bits per heavy atom. The third kappa shape index (κ3) is 4.55. The van der Waals surface area contributed by atoms with Crippen molar-refractivity contribution in [2.45, 2.75) is 26.4 Å². The third-order valence-corrected chi connectivity index (χ3v) is 2.64. The minimum absolute atomic E-state index is 0.255. The Hall–Kier alpha value is -1.26. The monoisotopic (exact) mass is 270 g/mol. The van der Waals surface area contributed by atoms with Gasteiger partial charge in [0.25, 0.3) is 0 Å². The lowest BCUT2D eigenvalue weighted by Crippen LogP contribution is -2.41. The summed E-state index contributed by atoms with van der Waals surface area (Å²) < 4.78 is 0. The molecule has 2 N–H and O–H groups in total. The van der Waals surface area contributed by atoms with E-state index in [9.17, 15) is 9.90 Å². The maximum Gasteiger partial charge on any atom is 0.321 e. The summed E-state index contributed by atoms with van der Waals surface area (Å²) in [5.41, 5.74) is 0.695. The molecular weight excluding hydrogens is 252 g/mol. The predicted octanol–water partition coefficient (Wildman–Crippen LogP) is 2.88. The molecule has 0 unspecified atom stereocenters. The van der Waals surface area contributed by atoms with Crippen LogP contribution in [0.1, 0.15) is 19.4 Å². The molecule has 0 bridgehead atoms. The number of urea groups is 1. The number of hydrogen-bond donors (Lipinski definition) is 2. The maximum atomic E-state index is 11.9. The Morgan fingerprint density at radius 3 is 2.61 bits per heavy atom. The van der Waals surface area contributed by atoms with E-state index in [1.54, 1.807) is 39.1 Å². The highest BCUT2D eigenvalue weighted by atomic mass is 35.5. The van der Waals surface area contributed by atoms with Gasteiger partial charge in [-0.1, -0.05) is 11.6 Å². The molecule has 0 heterocycles. The van der Waals surface area contributed by atoms with Crippen LogP contribution in [-0.2, 0) is 0 Å². The molecule has 2 amide bonds. The molecule has 0 radical (unpaired) electrons. The van der Waals surface area contributed by atoms with Crippen molar-refractivity contribution >= 4 is 23.3 Å². The highest BCUT2D eigenvalue weighted by Crippen LogP contribution is 2.20. The van der Waals surface area contributed by atoms with Gasteiger partial charge in [0.15, 0.2) is 0 Å². The van der Waals surface area contributed by atoms with E-state index in [-0.39, 0.29) is 12.6 Å². The number of likely N-dealkylation sites (N-methyl/N-ethyl adjacent to an activating group) is 1. The van der Waals surface area contributed by atoms with E-state index < -0.39 is 5.60 Å². The van der Waals surface area contributed by atoms with E-state index in [0.717, 1.165) is 5.56 Å². The van der Waals surface area contributed by atoms with Crippen LogP contribution >= 0.6 is 11.6 Å². The summed E-state index contributed by atoms with van der Waals surface area (Å²) in [6, 6.07) is 5.00. The number of nitrogens with zero attached hydrogens (tertiary/aromatic N) is 1. The average molecular weight is 271 g/mol. The topological polar surface area (TPSA) is 52.6 Å². The summed E-state index contributed by atoms with van der Waals surface area (Å²) >= 11 is 5.85. The van der Waals surface area contributed by atoms with Gasteiger partial charge in [-0.2, -0.15) is 0 Å². The molecule has 5 heteroatoms. The molecule has 18 heavy (non-hydrogen) atoms. The minimum atomic E-state index is -0.916. The standard InChI is InChI=1S/C13H19ClN2O2/c1-9-7-10(14)5-6-11(9)15-12(17)16(4)8-13(2,3)18/h5-7,18H,8H2,1-4H3,(H,15,17). The van der Waals surface area contributed by atoms with Gasteiger partial charge in [-0.3, -0.25) is 0 Å². The number of carbonyl (C=O) groups is 1. The molecule has 0 fully saturated rings. The fraction of sp³-hybridized carbons (Fsp3) is 0.462. The molecule has 1 rings (SSSR count). The van der Waals surface area contributed by atoms with Crippen molar-refractivity contribution in [3.63, 3.8) is 0 Å². The summed E-state index contributed by atoms with van der Waals surface area (Å²) in [5.74, 6) is 0. The molecule has 1 aromatic carbocycles. The zero-order chi connectivity index (χ0) is 13.9. The first-order chi connectivity index (χ1) is 8.19. The number of anilines is 1. The van der Waals surface area contributed by atoms with E-state index in [1.807, 2.05) is 6.92 Å². The molecule has 0 atom stereocenters. The molecule has 0 aliphatic rings. The van der Waals surface area contributed by atoms with Gasteiger partial charge in [-0.25, -0.2) is 4.79 Å². The van der Waals surface area contributed by atoms with Crippen LogP contribution in [0.3, 0.4) is 0 Å². The predicted molar refractivity (Wildman–Crippen MR) is 74.1 cm³/mol. The molecule has 0 aromatic heterocycles. The maximum absolute atomic E-state index is 11.9. The molecule has 0 spiro atoms. The molecule has 0 aliphatic heterocycles. The van der Waals surface area contributed by atoms with Crippen molar-refractivity contribution in [1.82, 2.24) is 4.90 Å². The van der Waals surface area contributed by atoms with Crippen LogP contribution in [0.15, 0.2) is 18.2 Å². The smallest absolute Gasteiger partial charge is 0.321 e. The molecule has 0 saturated heterocycles. The van der Waals surface area contributed by atoms with Crippen LogP contribution in [0.5, 0.6) is 0 Å². The van der Waals surface area contributed by atoms with Gasteiger partial charge in [0.2, 0.25) is 0 Å². The SMILES string of the molecule is Cc1cc(Cl)ccc1NC(=O)N(C)CC(C)(C)O. The third-order valence-electron chi connectivity index (χ3n) is 2.40. The number of aryl methyl sites for hydroxylation is 1. The van der Waals surface area contributed by atoms with Gasteiger partial charge in [0.1, 0.15) is 0 Å². The normalized spacial score (nSPS) is 11.2. The lowest BCUT2D eigenvalue weighted by molar-refractivity contribution is 0.0550. The van der Waals surface area contributed by atoms with Gasteiger partial charge < -0.3 is 15.3 Å². The zero-order valence-corrected chi connectivity index (χ0v) is 11.9. The number of rotatable bonds is 3. The summed E-state index contributed by atoms with van der Waals surface area (Å²) in [7, 11) is 1.64. The fourth-order valence-electron chi connectivity index (χ4n) is 1.63. The minimum Gasteiger partial charge on any atom is -0.389 e. The number of nitrogens with one attached hydrogen (secondary N) is 1. The van der Waals surface area contributed by atoms with E-state index in [2.05, 4.69) is 5.32 Å². The Morgan fingerprint density at radius 1 is 1.50 bits per heavy atom. The second-order valence-electron chi connectivity index (χ2n) is 5.06. The molecule has 0 saturated carbocycles. The van der Waals surface area contributed by atoms with Gasteiger partial charge in [-0.05, 0) is 44.5 Å². The number of hydrogen-bond acceptors (Lipinski definition) is 2. The first-order valence-electron chi connectivity index (χ1n) is 5.70. The Labute approximate surface area is 113 Å². The van der Waals surface area contributed by atoms with Crippen molar-refractivity contribution < 1.29 is 9.90 Å². The van der Waals surface area contributed by atoms with Crippen molar-refractivity contribution in [2.24, 2.45) is 0 Å². The van der Waals surface area contributed by atoms with Crippen LogP contribution in [0.25, 0.3) is 0 Å². The lowest BCUT2D eigenvalue weighted by atomic mass is 10.1. The van der Waals surface area contributed by atoms with Crippen LogP contribution in [0.2, 0.25) is 5.02 Å². The lowest BCUT2D eigenvalue weighted by Gasteiger charge is -2.26. The van der Waals surface area contributed by atoms with Crippen molar-refractivity contribution in [3.05, 3.63) is 28.8 Å². The summed E-state index contributed by atoms with van der Waals surface area (Å²) in [6.45, 7) is 5.44. The van der Waals surface area contributed by atoms with Crippen LogP contribution in [0.4, 0.5) is 10.5 Å². The quantitative estimate of drug-likeness (QED) is 0.887. The van der Waals surface area contributed by atoms with E-state index in [1.165, 1.54) is 4.90 Å². The average Bonchev–Trinajstić information content (AvgIpc) is 2.19. The van der Waals surface area contributed by atoms with Crippen LogP contribution < -0.4 is 5.32 Å². The van der Waals surface area contributed by atoms with E-state index in [0.29, 0.717) is 10.7 Å². The Bertz CT molecular complexity index is 441. The fourth-order valence-corrected chi connectivity index (χ4v) is 1.86. The first kappa shape index (κ1) is 14.8. The van der Waals surface area contributed by atoms with E-state index >= 15 is 0 Å². The van der Waals surface area contributed by atoms with Crippen molar-refractivity contribution in [3.8, 4) is 0 Å².